The molecule has 1 aromatic rings. The molecule has 1 aromatic heterocycles. The zero-order chi connectivity index (χ0) is 16.6. The van der Waals surface area contributed by atoms with E-state index < -0.39 is 9.84 Å². The summed E-state index contributed by atoms with van der Waals surface area (Å²) in [7, 11) is -3.04. The van der Waals surface area contributed by atoms with Crippen LogP contribution in [0.25, 0.3) is 0 Å². The summed E-state index contributed by atoms with van der Waals surface area (Å²) in [6.45, 7) is 4.40. The summed E-state index contributed by atoms with van der Waals surface area (Å²) in [5.41, 5.74) is 0.900. The standard InChI is InChI=1S/C16H25N3O3S/c1-4-22-15-11(2)9-17-16(18-15)19-13(10-23(3,20)21)8-12-6-5-7-14(12)19/h9,12-14H,4-8,10H2,1-3H3/t12-,13-,14-/m0/s1. The number of aryl methyl sites for hydroxylation is 1. The highest BCUT2D eigenvalue weighted by Crippen LogP contribution is 2.43. The van der Waals surface area contributed by atoms with Crippen molar-refractivity contribution in [2.45, 2.75) is 51.6 Å². The lowest BCUT2D eigenvalue weighted by molar-refractivity contribution is 0.323. The Bertz CT molecular complexity index is 677. The Morgan fingerprint density at radius 3 is 2.87 bits per heavy atom. The molecule has 128 valence electrons. The van der Waals surface area contributed by atoms with Crippen molar-refractivity contribution in [3.63, 3.8) is 0 Å². The number of anilines is 1. The Balaban J connectivity index is 1.94. The van der Waals surface area contributed by atoms with Gasteiger partial charge in [0.25, 0.3) is 0 Å². The lowest BCUT2D eigenvalue weighted by Gasteiger charge is -2.29. The second-order valence-corrected chi connectivity index (χ2v) is 8.92. The number of fused-ring (bicyclic) bond motifs is 1. The summed E-state index contributed by atoms with van der Waals surface area (Å²) < 4.78 is 29.2. The first kappa shape index (κ1) is 16.5. The molecule has 2 heterocycles. The number of hydrogen-bond donors (Lipinski definition) is 0. The van der Waals surface area contributed by atoms with Gasteiger partial charge in [-0.2, -0.15) is 4.98 Å². The number of nitrogens with zero attached hydrogens (tertiary/aromatic N) is 3. The minimum atomic E-state index is -3.04. The van der Waals surface area contributed by atoms with E-state index >= 15 is 0 Å². The van der Waals surface area contributed by atoms with Crippen LogP contribution in [0.4, 0.5) is 5.95 Å². The molecule has 1 aliphatic carbocycles. The van der Waals surface area contributed by atoms with Crippen molar-refractivity contribution in [2.75, 3.05) is 23.5 Å². The molecular weight excluding hydrogens is 314 g/mol. The Kier molecular flexibility index (Phi) is 4.49. The van der Waals surface area contributed by atoms with E-state index in [4.69, 9.17) is 4.74 Å². The van der Waals surface area contributed by atoms with Gasteiger partial charge in [0.2, 0.25) is 11.8 Å². The fourth-order valence-electron chi connectivity index (χ4n) is 4.03. The van der Waals surface area contributed by atoms with Gasteiger partial charge in [0.05, 0.1) is 12.4 Å². The van der Waals surface area contributed by atoms with Crippen LogP contribution >= 0.6 is 0 Å². The number of aromatic nitrogens is 2. The highest BCUT2D eigenvalue weighted by Gasteiger charge is 2.45. The van der Waals surface area contributed by atoms with Crippen LogP contribution in [0.3, 0.4) is 0 Å². The van der Waals surface area contributed by atoms with Crippen LogP contribution in [-0.2, 0) is 9.84 Å². The fourth-order valence-corrected chi connectivity index (χ4v) is 5.02. The molecule has 7 heteroatoms. The van der Waals surface area contributed by atoms with E-state index in [0.29, 0.717) is 30.4 Å². The molecule has 1 aliphatic heterocycles. The van der Waals surface area contributed by atoms with Crippen LogP contribution < -0.4 is 9.64 Å². The summed E-state index contributed by atoms with van der Waals surface area (Å²) in [6.07, 6.45) is 7.45. The molecule has 6 nitrogen and oxygen atoms in total. The lowest BCUT2D eigenvalue weighted by atomic mass is 10.0. The third-order valence-corrected chi connectivity index (χ3v) is 5.85. The Hall–Kier alpha value is -1.37. The molecule has 1 saturated heterocycles. The minimum absolute atomic E-state index is 0.0301. The normalized spacial score (nSPS) is 27.3. The van der Waals surface area contributed by atoms with Crippen LogP contribution in [0.1, 0.15) is 38.2 Å². The largest absolute Gasteiger partial charge is 0.478 e. The summed E-state index contributed by atoms with van der Waals surface area (Å²) in [4.78, 5) is 11.2. The Labute approximate surface area is 138 Å². The van der Waals surface area contributed by atoms with Crippen LogP contribution in [0.2, 0.25) is 0 Å². The van der Waals surface area contributed by atoms with Crippen molar-refractivity contribution in [3.05, 3.63) is 11.8 Å². The average Bonchev–Trinajstić information content (AvgIpc) is 3.00. The zero-order valence-corrected chi connectivity index (χ0v) is 14.8. The predicted molar refractivity (Wildman–Crippen MR) is 89.7 cm³/mol. The molecule has 0 amide bonds. The second-order valence-electron chi connectivity index (χ2n) is 6.74. The number of ether oxygens (including phenoxy) is 1. The van der Waals surface area contributed by atoms with E-state index in [0.717, 1.165) is 18.4 Å². The Morgan fingerprint density at radius 1 is 1.39 bits per heavy atom. The summed E-state index contributed by atoms with van der Waals surface area (Å²) in [6, 6.07) is 0.330. The third kappa shape index (κ3) is 3.44. The Morgan fingerprint density at radius 2 is 2.17 bits per heavy atom. The van der Waals surface area contributed by atoms with Crippen LogP contribution in [0.15, 0.2) is 6.20 Å². The van der Waals surface area contributed by atoms with Gasteiger partial charge in [0.1, 0.15) is 9.84 Å². The molecule has 0 spiro atoms. The van der Waals surface area contributed by atoms with Crippen LogP contribution in [0.5, 0.6) is 5.88 Å². The van der Waals surface area contributed by atoms with E-state index in [-0.39, 0.29) is 11.8 Å². The zero-order valence-electron chi connectivity index (χ0n) is 14.0. The highest BCUT2D eigenvalue weighted by molar-refractivity contribution is 7.90. The van der Waals surface area contributed by atoms with Gasteiger partial charge in [0.15, 0.2) is 0 Å². The molecule has 3 atom stereocenters. The van der Waals surface area contributed by atoms with Gasteiger partial charge in [-0.1, -0.05) is 6.42 Å². The predicted octanol–water partition coefficient (Wildman–Crippen LogP) is 1.98. The van der Waals surface area contributed by atoms with Gasteiger partial charge in [-0.05, 0) is 39.0 Å². The number of hydrogen-bond acceptors (Lipinski definition) is 6. The summed E-state index contributed by atoms with van der Waals surface area (Å²) >= 11 is 0. The molecule has 0 aromatic carbocycles. The second kappa shape index (κ2) is 6.26. The third-order valence-electron chi connectivity index (χ3n) is 4.86. The first-order valence-corrected chi connectivity index (χ1v) is 10.4. The van der Waals surface area contributed by atoms with Gasteiger partial charge in [0, 0.05) is 30.1 Å². The molecule has 23 heavy (non-hydrogen) atoms. The maximum atomic E-state index is 11.8. The van der Waals surface area contributed by atoms with Crippen molar-refractivity contribution in [1.82, 2.24) is 9.97 Å². The first-order valence-electron chi connectivity index (χ1n) is 8.31. The van der Waals surface area contributed by atoms with Gasteiger partial charge in [-0.15, -0.1) is 0 Å². The molecule has 0 N–H and O–H groups in total. The molecule has 3 rings (SSSR count). The number of rotatable bonds is 5. The lowest BCUT2D eigenvalue weighted by Crippen LogP contribution is -2.41. The maximum absolute atomic E-state index is 11.8. The van der Waals surface area contributed by atoms with E-state index in [1.54, 1.807) is 6.20 Å². The first-order chi connectivity index (χ1) is 10.9. The van der Waals surface area contributed by atoms with Gasteiger partial charge >= 0.3 is 0 Å². The van der Waals surface area contributed by atoms with Crippen molar-refractivity contribution in [1.29, 1.82) is 0 Å². The summed E-state index contributed by atoms with van der Waals surface area (Å²) in [5.74, 6) is 1.93. The van der Waals surface area contributed by atoms with Crippen molar-refractivity contribution < 1.29 is 13.2 Å². The van der Waals surface area contributed by atoms with Gasteiger partial charge in [-0.3, -0.25) is 0 Å². The highest BCUT2D eigenvalue weighted by atomic mass is 32.2. The fraction of sp³-hybridized carbons (Fsp3) is 0.750. The minimum Gasteiger partial charge on any atom is -0.478 e. The van der Waals surface area contributed by atoms with Crippen molar-refractivity contribution in [2.24, 2.45) is 5.92 Å². The molecule has 0 bridgehead atoms. The van der Waals surface area contributed by atoms with Gasteiger partial charge in [-0.25, -0.2) is 13.4 Å². The summed E-state index contributed by atoms with van der Waals surface area (Å²) in [5, 5.41) is 0. The van der Waals surface area contributed by atoms with E-state index in [1.165, 1.54) is 19.1 Å². The molecule has 0 unspecified atom stereocenters. The van der Waals surface area contributed by atoms with Crippen molar-refractivity contribution in [3.8, 4) is 5.88 Å². The molecule has 2 aliphatic rings. The van der Waals surface area contributed by atoms with Crippen LogP contribution in [-0.4, -0.2) is 49.1 Å². The number of sulfone groups is 1. The maximum Gasteiger partial charge on any atom is 0.229 e. The van der Waals surface area contributed by atoms with E-state index in [9.17, 15) is 8.42 Å². The molecular formula is C16H25N3O3S. The quantitative estimate of drug-likeness (QED) is 0.817. The van der Waals surface area contributed by atoms with E-state index in [1.807, 2.05) is 13.8 Å². The molecule has 0 radical (unpaired) electrons. The smallest absolute Gasteiger partial charge is 0.229 e. The average molecular weight is 339 g/mol. The molecule has 1 saturated carbocycles. The monoisotopic (exact) mass is 339 g/mol. The SMILES string of the molecule is CCOc1nc(N2[C@H](CS(C)(=O)=O)C[C@@H]3CCC[C@@H]32)ncc1C. The van der Waals surface area contributed by atoms with Crippen LogP contribution in [0, 0.1) is 12.8 Å². The van der Waals surface area contributed by atoms with E-state index in [2.05, 4.69) is 14.9 Å². The van der Waals surface area contributed by atoms with Gasteiger partial charge < -0.3 is 9.64 Å². The topological polar surface area (TPSA) is 72.4 Å². The van der Waals surface area contributed by atoms with Crippen molar-refractivity contribution >= 4 is 15.8 Å². The molecule has 2 fully saturated rings.